The minimum atomic E-state index is -4.78. The molecule has 0 fully saturated rings. The van der Waals surface area contributed by atoms with Crippen LogP contribution in [0.1, 0.15) is 40.1 Å². The quantitative estimate of drug-likeness (QED) is 0.318. The molecule has 0 aliphatic rings. The Bertz CT molecular complexity index is 1780. The Kier molecular flexibility index (Phi) is 7.21. The first kappa shape index (κ1) is 28.1. The van der Waals surface area contributed by atoms with Gasteiger partial charge >= 0.3 is 6.18 Å². The molecule has 4 rings (SSSR count). The summed E-state index contributed by atoms with van der Waals surface area (Å²) in [6.07, 6.45) is -0.972. The van der Waals surface area contributed by atoms with Crippen molar-refractivity contribution in [1.29, 1.82) is 0 Å². The Morgan fingerprint density at radius 2 is 1.92 bits per heavy atom. The van der Waals surface area contributed by atoms with Crippen molar-refractivity contribution in [2.75, 3.05) is 11.6 Å². The summed E-state index contributed by atoms with van der Waals surface area (Å²) in [7, 11) is -2.31. The molecular formula is C24H21ClF3N5O5S. The average molecular weight is 584 g/mol. The number of aromatic nitrogens is 3. The van der Waals surface area contributed by atoms with Crippen molar-refractivity contribution in [1.82, 2.24) is 19.5 Å². The van der Waals surface area contributed by atoms with Crippen LogP contribution < -0.4 is 15.5 Å². The molecule has 0 bridgehead atoms. The average Bonchev–Trinajstić information content (AvgIpc) is 3.26. The van der Waals surface area contributed by atoms with E-state index in [0.29, 0.717) is 5.56 Å². The first-order chi connectivity index (χ1) is 18.0. The van der Waals surface area contributed by atoms with Crippen LogP contribution in [-0.2, 0) is 23.2 Å². The lowest BCUT2D eigenvalue weighted by atomic mass is 9.98. The first-order valence-electron chi connectivity index (χ1n) is 11.2. The van der Waals surface area contributed by atoms with Gasteiger partial charge in [0, 0.05) is 24.4 Å². The molecule has 0 aliphatic carbocycles. The molecule has 15 heteroatoms. The van der Waals surface area contributed by atoms with Crippen molar-refractivity contribution in [2.24, 2.45) is 7.05 Å². The number of nitrogens with zero attached hydrogens (tertiary/aromatic N) is 3. The van der Waals surface area contributed by atoms with E-state index in [-0.39, 0.29) is 38.7 Å². The van der Waals surface area contributed by atoms with E-state index in [1.165, 1.54) is 36.9 Å². The van der Waals surface area contributed by atoms with Gasteiger partial charge in [-0.3, -0.25) is 14.3 Å². The number of carbonyl (C=O) groups is 1. The smallest absolute Gasteiger partial charge is 0.416 e. The lowest BCUT2D eigenvalue weighted by Gasteiger charge is -2.21. The fourth-order valence-electron chi connectivity index (χ4n) is 3.97. The molecule has 3 heterocycles. The molecule has 0 spiro atoms. The highest BCUT2D eigenvalue weighted by molar-refractivity contribution is 7.89. The van der Waals surface area contributed by atoms with Crippen LogP contribution in [-0.4, -0.2) is 35.3 Å². The highest BCUT2D eigenvalue weighted by Crippen LogP contribution is 2.37. The van der Waals surface area contributed by atoms with Crippen LogP contribution in [0.2, 0.25) is 5.15 Å². The number of halogens is 4. The lowest BCUT2D eigenvalue weighted by Crippen LogP contribution is -2.31. The van der Waals surface area contributed by atoms with E-state index < -0.39 is 44.8 Å². The van der Waals surface area contributed by atoms with E-state index >= 15 is 0 Å². The van der Waals surface area contributed by atoms with Gasteiger partial charge in [0.15, 0.2) is 11.1 Å². The van der Waals surface area contributed by atoms with E-state index in [9.17, 15) is 31.2 Å². The van der Waals surface area contributed by atoms with Crippen molar-refractivity contribution in [3.05, 3.63) is 74.4 Å². The Labute approximate surface area is 224 Å². The number of carbonyl (C=O) groups excluding carboxylic acids is 1. The molecule has 4 aromatic rings. The highest BCUT2D eigenvalue weighted by atomic mass is 35.5. The largest absolute Gasteiger partial charge is 0.455 e. The van der Waals surface area contributed by atoms with E-state index in [1.807, 2.05) is 0 Å². The van der Waals surface area contributed by atoms with Gasteiger partial charge in [-0.2, -0.15) is 18.3 Å². The van der Waals surface area contributed by atoms with Gasteiger partial charge in [-0.05, 0) is 38.1 Å². The molecule has 0 aliphatic heterocycles. The molecule has 0 radical (unpaired) electrons. The molecule has 39 heavy (non-hydrogen) atoms. The summed E-state index contributed by atoms with van der Waals surface area (Å²) in [5.74, 6) is -0.972. The molecular weight excluding hydrogens is 563 g/mol. The Balaban J connectivity index is 1.91. The predicted molar refractivity (Wildman–Crippen MR) is 138 cm³/mol. The predicted octanol–water partition coefficient (Wildman–Crippen LogP) is 4.43. The van der Waals surface area contributed by atoms with Crippen molar-refractivity contribution >= 4 is 44.2 Å². The van der Waals surface area contributed by atoms with Crippen LogP contribution in [0.4, 0.5) is 18.9 Å². The molecule has 206 valence electrons. The number of fused-ring (bicyclic) bond motifs is 1. The first-order valence-corrected chi connectivity index (χ1v) is 13.4. The number of alkyl halides is 3. The Morgan fingerprint density at radius 1 is 1.23 bits per heavy atom. The van der Waals surface area contributed by atoms with Crippen LogP contribution in [0.15, 0.2) is 45.9 Å². The summed E-state index contributed by atoms with van der Waals surface area (Å²) in [4.78, 5) is 29.7. The van der Waals surface area contributed by atoms with Crippen LogP contribution in [0, 0.1) is 6.92 Å². The zero-order chi connectivity index (χ0) is 28.9. The van der Waals surface area contributed by atoms with Crippen molar-refractivity contribution < 1.29 is 30.8 Å². The second kappa shape index (κ2) is 10.0. The molecule has 10 nitrogen and oxygen atoms in total. The van der Waals surface area contributed by atoms with Gasteiger partial charge in [0.2, 0.25) is 10.0 Å². The van der Waals surface area contributed by atoms with Gasteiger partial charge < -0.3 is 9.73 Å². The van der Waals surface area contributed by atoms with Crippen molar-refractivity contribution in [2.45, 2.75) is 26.1 Å². The maximum atomic E-state index is 13.8. The number of hydrogen-bond donors (Lipinski definition) is 2. The summed E-state index contributed by atoms with van der Waals surface area (Å²) in [5.41, 5.74) is -1.79. The minimum Gasteiger partial charge on any atom is -0.455 e. The van der Waals surface area contributed by atoms with Gasteiger partial charge in [0.25, 0.3) is 5.91 Å². The third-order valence-corrected chi connectivity index (χ3v) is 6.50. The summed E-state index contributed by atoms with van der Waals surface area (Å²) in [5, 5.41) is 6.51. The fourth-order valence-corrected chi connectivity index (χ4v) is 4.55. The number of nitrogens with one attached hydrogen (secondary N) is 2. The Morgan fingerprint density at radius 3 is 2.51 bits per heavy atom. The fraction of sp³-hybridized carbons (Fsp3) is 0.250. The highest BCUT2D eigenvalue weighted by Gasteiger charge is 2.33. The summed E-state index contributed by atoms with van der Waals surface area (Å²) in [6, 6.07) is 3.19. The number of rotatable bonds is 6. The van der Waals surface area contributed by atoms with Crippen LogP contribution >= 0.6 is 11.6 Å². The number of amides is 1. The van der Waals surface area contributed by atoms with E-state index in [2.05, 4.69) is 15.4 Å². The van der Waals surface area contributed by atoms with Gasteiger partial charge in [-0.15, -0.1) is 0 Å². The topological polar surface area (TPSA) is 136 Å². The Hall–Kier alpha value is -3.91. The number of anilines is 1. The molecule has 1 amide bonds. The van der Waals surface area contributed by atoms with E-state index in [1.54, 1.807) is 18.0 Å². The molecule has 3 aromatic heterocycles. The lowest BCUT2D eigenvalue weighted by molar-refractivity contribution is -0.137. The van der Waals surface area contributed by atoms with Crippen molar-refractivity contribution in [3.8, 4) is 11.3 Å². The maximum absolute atomic E-state index is 13.8. The minimum absolute atomic E-state index is 0.0273. The number of sulfonamides is 1. The van der Waals surface area contributed by atoms with Gasteiger partial charge in [-0.25, -0.2) is 18.1 Å². The number of pyridine rings is 1. The van der Waals surface area contributed by atoms with Gasteiger partial charge in [0.1, 0.15) is 16.5 Å². The second-order valence-electron chi connectivity index (χ2n) is 8.83. The monoisotopic (exact) mass is 583 g/mol. The number of benzene rings is 1. The standard InChI is InChI=1S/C24H21ClF3N5O5S/c1-11-20(34)16-8-14(24(26,27)28)7-15(22(16)38-21(11)13-9-29-33(3)10-13)12(2)30-17-5-6-18(25)31-19(17)23(35)32-39(4,36)37/h5-10,12,30H,1-4H3,(H,32,35)/t12-/m1/s1. The maximum Gasteiger partial charge on any atom is 0.416 e. The zero-order valence-corrected chi connectivity index (χ0v) is 22.4. The van der Waals surface area contributed by atoms with Crippen LogP contribution in [0.5, 0.6) is 0 Å². The normalized spacial score (nSPS) is 12.9. The van der Waals surface area contributed by atoms with Gasteiger partial charge in [0.05, 0.1) is 40.7 Å². The summed E-state index contributed by atoms with van der Waals surface area (Å²) >= 11 is 5.89. The van der Waals surface area contributed by atoms with E-state index in [0.717, 1.165) is 18.4 Å². The molecule has 1 aromatic carbocycles. The van der Waals surface area contributed by atoms with Gasteiger partial charge in [-0.1, -0.05) is 11.6 Å². The molecule has 0 saturated carbocycles. The zero-order valence-electron chi connectivity index (χ0n) is 20.8. The van der Waals surface area contributed by atoms with Crippen molar-refractivity contribution in [3.63, 3.8) is 0 Å². The third-order valence-electron chi connectivity index (χ3n) is 5.73. The number of aryl methyl sites for hydroxylation is 1. The van der Waals surface area contributed by atoms with Crippen LogP contribution in [0.3, 0.4) is 0 Å². The van der Waals surface area contributed by atoms with E-state index in [4.69, 9.17) is 16.0 Å². The summed E-state index contributed by atoms with van der Waals surface area (Å²) < 4.78 is 74.0. The SMILES string of the molecule is Cc1c(-c2cnn(C)c2)oc2c([C@@H](C)Nc3ccc(Cl)nc3C(=O)NS(C)(=O)=O)cc(C(F)(F)F)cc2c1=O. The molecule has 0 unspecified atom stereocenters. The summed E-state index contributed by atoms with van der Waals surface area (Å²) in [6.45, 7) is 2.92. The molecule has 1 atom stereocenters. The van der Waals surface area contributed by atoms with Crippen LogP contribution in [0.25, 0.3) is 22.3 Å². The second-order valence-corrected chi connectivity index (χ2v) is 11.0. The molecule has 2 N–H and O–H groups in total. The number of hydrogen-bond acceptors (Lipinski definition) is 8. The third kappa shape index (κ3) is 5.91. The molecule has 0 saturated heterocycles.